The highest BCUT2D eigenvalue weighted by Gasteiger charge is 2.29. The summed E-state index contributed by atoms with van der Waals surface area (Å²) in [4.78, 5) is 30.0. The van der Waals surface area contributed by atoms with Crippen LogP contribution in [-0.4, -0.2) is 35.7 Å². The van der Waals surface area contributed by atoms with Crippen molar-refractivity contribution in [1.82, 2.24) is 29.1 Å². The molecule has 1 N–H and O–H groups in total. The van der Waals surface area contributed by atoms with E-state index in [0.717, 1.165) is 12.8 Å². The Labute approximate surface area is 198 Å². The highest BCUT2D eigenvalue weighted by atomic mass is 19.1. The van der Waals surface area contributed by atoms with Crippen molar-refractivity contribution in [2.75, 3.05) is 6.61 Å². The molecule has 10 heteroatoms. The van der Waals surface area contributed by atoms with Gasteiger partial charge in [-0.3, -0.25) is 9.13 Å². The number of para-hydroxylation sites is 1. The van der Waals surface area contributed by atoms with Crippen LogP contribution < -0.4 is 10.4 Å². The van der Waals surface area contributed by atoms with Crippen molar-refractivity contribution < 1.29 is 13.5 Å². The Bertz CT molecular complexity index is 1640. The number of benzene rings is 2. The molecule has 0 saturated heterocycles. The molecular weight excluding hydrogens is 454 g/mol. The van der Waals surface area contributed by atoms with Gasteiger partial charge < -0.3 is 9.72 Å². The fourth-order valence-corrected chi connectivity index (χ4v) is 4.75. The van der Waals surface area contributed by atoms with E-state index >= 15 is 0 Å². The Balaban J connectivity index is 1.60. The molecule has 8 nitrogen and oxygen atoms in total. The predicted molar refractivity (Wildman–Crippen MR) is 126 cm³/mol. The number of hydrogen-bond acceptors (Lipinski definition) is 5. The van der Waals surface area contributed by atoms with E-state index in [2.05, 4.69) is 16.9 Å². The first-order valence-electron chi connectivity index (χ1n) is 11.6. The molecule has 1 aliphatic heterocycles. The zero-order valence-corrected chi connectivity index (χ0v) is 19.0. The monoisotopic (exact) mass is 476 g/mol. The van der Waals surface area contributed by atoms with Gasteiger partial charge in [0.05, 0.1) is 29.4 Å². The number of fused-ring (bicyclic) bond motifs is 3. The van der Waals surface area contributed by atoms with Crippen molar-refractivity contribution in [3.63, 3.8) is 0 Å². The predicted octanol–water partition coefficient (Wildman–Crippen LogP) is 4.45. The van der Waals surface area contributed by atoms with E-state index in [-0.39, 0.29) is 24.0 Å². The van der Waals surface area contributed by atoms with Crippen LogP contribution in [0.2, 0.25) is 0 Å². The largest absolute Gasteiger partial charge is 0.490 e. The second-order valence-electron chi connectivity index (χ2n) is 8.63. The summed E-state index contributed by atoms with van der Waals surface area (Å²) in [5.41, 5.74) is 3.00. The Hall–Kier alpha value is -4.08. The minimum Gasteiger partial charge on any atom is -0.490 e. The van der Waals surface area contributed by atoms with Crippen LogP contribution in [0.4, 0.5) is 8.78 Å². The van der Waals surface area contributed by atoms with E-state index in [4.69, 9.17) is 14.7 Å². The minimum atomic E-state index is -0.467. The highest BCUT2D eigenvalue weighted by Crippen LogP contribution is 2.37. The fourth-order valence-electron chi connectivity index (χ4n) is 4.75. The first-order valence-corrected chi connectivity index (χ1v) is 11.6. The molecule has 0 bridgehead atoms. The molecule has 6 rings (SSSR count). The molecule has 5 aromatic rings. The Kier molecular flexibility index (Phi) is 5.09. The van der Waals surface area contributed by atoms with Crippen LogP contribution in [0.15, 0.2) is 47.5 Å². The van der Waals surface area contributed by atoms with Gasteiger partial charge in [0.2, 0.25) is 5.95 Å². The van der Waals surface area contributed by atoms with Gasteiger partial charge in [-0.15, -0.1) is 0 Å². The molecule has 0 saturated carbocycles. The Morgan fingerprint density at radius 2 is 2.09 bits per heavy atom. The van der Waals surface area contributed by atoms with E-state index in [1.807, 2.05) is 0 Å². The van der Waals surface area contributed by atoms with Gasteiger partial charge in [0.25, 0.3) is 0 Å². The van der Waals surface area contributed by atoms with E-state index in [0.29, 0.717) is 46.3 Å². The lowest BCUT2D eigenvalue weighted by Crippen LogP contribution is -2.28. The van der Waals surface area contributed by atoms with Crippen molar-refractivity contribution in [1.29, 1.82) is 0 Å². The summed E-state index contributed by atoms with van der Waals surface area (Å²) >= 11 is 0. The second-order valence-corrected chi connectivity index (χ2v) is 8.63. The maximum Gasteiger partial charge on any atom is 0.328 e. The summed E-state index contributed by atoms with van der Waals surface area (Å²) in [5.74, 6) is -0.422. The van der Waals surface area contributed by atoms with Gasteiger partial charge in [0.1, 0.15) is 17.7 Å². The third-order valence-corrected chi connectivity index (χ3v) is 6.43. The van der Waals surface area contributed by atoms with E-state index in [9.17, 15) is 13.6 Å². The topological polar surface area (TPSA) is 90.6 Å². The summed E-state index contributed by atoms with van der Waals surface area (Å²) in [5, 5.41) is 0. The Morgan fingerprint density at radius 3 is 2.94 bits per heavy atom. The molecule has 0 radical (unpaired) electrons. The lowest BCUT2D eigenvalue weighted by molar-refractivity contribution is 0.244. The number of H-pyrrole nitrogens is 1. The molecule has 35 heavy (non-hydrogen) atoms. The van der Waals surface area contributed by atoms with Crippen LogP contribution >= 0.6 is 0 Å². The maximum atomic E-state index is 14.4. The standard InChI is InChI=1S/C25H22F2N6O2/c1-2-3-7-18-21-23(31-24(29-18)32-13-28-17-9-8-14(26)12-20(17)32)33(25(34)30-21)19-10-11-35-22-15(19)5-4-6-16(22)27/h4-6,8-9,12-13,19H,2-3,7,10-11H2,1H3,(H,30,34). The number of aromatic amines is 1. The van der Waals surface area contributed by atoms with Gasteiger partial charge in [-0.1, -0.05) is 25.5 Å². The smallest absolute Gasteiger partial charge is 0.328 e. The van der Waals surface area contributed by atoms with E-state index in [1.54, 1.807) is 33.7 Å². The molecule has 4 heterocycles. The molecular formula is C25H22F2N6O2. The van der Waals surface area contributed by atoms with Crippen LogP contribution in [0.3, 0.4) is 0 Å². The van der Waals surface area contributed by atoms with Gasteiger partial charge in [0, 0.05) is 18.1 Å². The lowest BCUT2D eigenvalue weighted by atomic mass is 10.00. The number of nitrogens with zero attached hydrogens (tertiary/aromatic N) is 5. The quantitative estimate of drug-likeness (QED) is 0.405. The lowest BCUT2D eigenvalue weighted by Gasteiger charge is -2.26. The zero-order chi connectivity index (χ0) is 24.1. The minimum absolute atomic E-state index is 0.154. The number of aryl methyl sites for hydroxylation is 1. The average Bonchev–Trinajstić information content (AvgIpc) is 3.42. The molecule has 0 amide bonds. The number of imidazole rings is 2. The molecule has 1 unspecified atom stereocenters. The summed E-state index contributed by atoms with van der Waals surface area (Å²) in [7, 11) is 0. The van der Waals surface area contributed by atoms with Crippen LogP contribution in [0.1, 0.15) is 43.5 Å². The van der Waals surface area contributed by atoms with Crippen molar-refractivity contribution in [2.45, 2.75) is 38.6 Å². The van der Waals surface area contributed by atoms with Crippen molar-refractivity contribution in [3.8, 4) is 11.7 Å². The molecule has 2 aromatic carbocycles. The average molecular weight is 476 g/mol. The summed E-state index contributed by atoms with van der Waals surface area (Å²) in [6.45, 7) is 2.34. The van der Waals surface area contributed by atoms with E-state index < -0.39 is 17.7 Å². The second kappa shape index (κ2) is 8.30. The summed E-state index contributed by atoms with van der Waals surface area (Å²) in [6.07, 6.45) is 4.46. The number of halogens is 2. The molecule has 0 aliphatic carbocycles. The van der Waals surface area contributed by atoms with Crippen LogP contribution in [0.5, 0.6) is 5.75 Å². The number of ether oxygens (including phenoxy) is 1. The zero-order valence-electron chi connectivity index (χ0n) is 19.0. The van der Waals surface area contributed by atoms with Crippen LogP contribution in [-0.2, 0) is 6.42 Å². The first-order chi connectivity index (χ1) is 17.0. The van der Waals surface area contributed by atoms with Crippen LogP contribution in [0, 0.1) is 11.6 Å². The first kappa shape index (κ1) is 21.5. The maximum absolute atomic E-state index is 14.4. The number of aromatic nitrogens is 6. The summed E-state index contributed by atoms with van der Waals surface area (Å²) in [6, 6.07) is 8.57. The van der Waals surface area contributed by atoms with Crippen molar-refractivity contribution in [3.05, 3.63) is 76.1 Å². The fraction of sp³-hybridized carbons (Fsp3) is 0.280. The van der Waals surface area contributed by atoms with Gasteiger partial charge in [-0.05, 0) is 31.0 Å². The SMILES string of the molecule is CCCCc1nc(-n2cnc3ccc(F)cc32)nc2c1[nH]c(=O)n2C1CCOc2c(F)cccc21. The Morgan fingerprint density at radius 1 is 1.20 bits per heavy atom. The van der Waals surface area contributed by atoms with Gasteiger partial charge in [-0.25, -0.2) is 23.5 Å². The molecule has 3 aromatic heterocycles. The van der Waals surface area contributed by atoms with Gasteiger partial charge >= 0.3 is 5.69 Å². The van der Waals surface area contributed by atoms with Gasteiger partial charge in [-0.2, -0.15) is 4.98 Å². The number of hydrogen-bond donors (Lipinski definition) is 1. The third-order valence-electron chi connectivity index (χ3n) is 6.43. The summed E-state index contributed by atoms with van der Waals surface area (Å²) < 4.78 is 37.2. The van der Waals surface area contributed by atoms with Gasteiger partial charge in [0.15, 0.2) is 17.2 Å². The molecule has 1 atom stereocenters. The number of rotatable bonds is 5. The normalized spacial score (nSPS) is 15.5. The molecule has 0 spiro atoms. The number of unbranched alkanes of at least 4 members (excludes halogenated alkanes) is 1. The molecule has 0 fully saturated rings. The van der Waals surface area contributed by atoms with E-state index in [1.165, 1.54) is 18.2 Å². The number of nitrogens with one attached hydrogen (secondary N) is 1. The van der Waals surface area contributed by atoms with Crippen molar-refractivity contribution >= 4 is 22.2 Å². The molecule has 178 valence electrons. The van der Waals surface area contributed by atoms with Crippen LogP contribution in [0.25, 0.3) is 28.1 Å². The molecule has 1 aliphatic rings. The third kappa shape index (κ3) is 3.48. The highest BCUT2D eigenvalue weighted by molar-refractivity contribution is 5.78. The van der Waals surface area contributed by atoms with Crippen molar-refractivity contribution in [2.24, 2.45) is 0 Å².